The average Bonchev–Trinajstić information content (AvgIpc) is 2.43. The SMILES string of the molecule is CCOC(=O)/C=N/Nc1ccc(CCCN2OSO2)cc1. The minimum Gasteiger partial charge on any atom is -0.462 e. The van der Waals surface area contributed by atoms with E-state index in [1.807, 2.05) is 24.3 Å². The van der Waals surface area contributed by atoms with Crippen molar-refractivity contribution >= 4 is 30.2 Å². The van der Waals surface area contributed by atoms with Gasteiger partial charge in [0.05, 0.1) is 18.8 Å². The molecule has 0 saturated carbocycles. The van der Waals surface area contributed by atoms with Crippen LogP contribution in [0.2, 0.25) is 0 Å². The Kier molecular flexibility index (Phi) is 6.48. The number of hydrogen-bond acceptors (Lipinski definition) is 8. The second kappa shape index (κ2) is 8.63. The molecule has 1 heterocycles. The van der Waals surface area contributed by atoms with E-state index in [0.29, 0.717) is 6.61 Å². The lowest BCUT2D eigenvalue weighted by molar-refractivity contribution is -0.302. The van der Waals surface area contributed by atoms with Crippen molar-refractivity contribution in [2.24, 2.45) is 5.10 Å². The number of hydrogen-bond donors (Lipinski definition) is 1. The van der Waals surface area contributed by atoms with Crippen LogP contribution in [0.25, 0.3) is 0 Å². The topological polar surface area (TPSA) is 72.4 Å². The van der Waals surface area contributed by atoms with Gasteiger partial charge in [-0.2, -0.15) is 13.7 Å². The maximum Gasteiger partial charge on any atom is 0.351 e. The zero-order chi connectivity index (χ0) is 14.9. The minimum atomic E-state index is -0.463. The van der Waals surface area contributed by atoms with Gasteiger partial charge in [-0.3, -0.25) is 5.43 Å². The number of hydrazone groups is 1. The smallest absolute Gasteiger partial charge is 0.351 e. The minimum absolute atomic E-state index is 0.339. The molecule has 7 nitrogen and oxygen atoms in total. The van der Waals surface area contributed by atoms with Crippen molar-refractivity contribution in [3.8, 4) is 0 Å². The first-order valence-corrected chi connectivity index (χ1v) is 7.28. The van der Waals surface area contributed by atoms with Crippen molar-refractivity contribution in [3.63, 3.8) is 0 Å². The molecule has 0 aliphatic carbocycles. The van der Waals surface area contributed by atoms with Crippen molar-refractivity contribution in [1.82, 2.24) is 5.23 Å². The molecule has 0 radical (unpaired) electrons. The molecular weight excluding hydrogens is 294 g/mol. The summed E-state index contributed by atoms with van der Waals surface area (Å²) < 4.78 is 14.6. The van der Waals surface area contributed by atoms with E-state index >= 15 is 0 Å². The fourth-order valence-electron chi connectivity index (χ4n) is 1.65. The number of anilines is 1. The number of esters is 1. The lowest BCUT2D eigenvalue weighted by atomic mass is 10.1. The third-order valence-corrected chi connectivity index (χ3v) is 3.09. The number of nitrogens with zero attached hydrogens (tertiary/aromatic N) is 2. The van der Waals surface area contributed by atoms with Crippen LogP contribution in [0.4, 0.5) is 5.69 Å². The van der Waals surface area contributed by atoms with Crippen LogP contribution < -0.4 is 5.43 Å². The van der Waals surface area contributed by atoms with Gasteiger partial charge in [0.2, 0.25) is 12.3 Å². The molecule has 8 heteroatoms. The predicted octanol–water partition coefficient (Wildman–Crippen LogP) is 2.32. The Morgan fingerprint density at radius 3 is 2.81 bits per heavy atom. The first-order chi connectivity index (χ1) is 10.3. The van der Waals surface area contributed by atoms with Crippen LogP contribution >= 0.6 is 12.3 Å². The highest BCUT2D eigenvalue weighted by molar-refractivity contribution is 7.90. The average molecular weight is 311 g/mol. The largest absolute Gasteiger partial charge is 0.462 e. The van der Waals surface area contributed by atoms with E-state index in [9.17, 15) is 4.79 Å². The molecule has 1 fully saturated rings. The predicted molar refractivity (Wildman–Crippen MR) is 80.0 cm³/mol. The van der Waals surface area contributed by atoms with Gasteiger partial charge < -0.3 is 4.74 Å². The van der Waals surface area contributed by atoms with Gasteiger partial charge in [-0.05, 0) is 42.7 Å². The van der Waals surface area contributed by atoms with Gasteiger partial charge in [0, 0.05) is 0 Å². The van der Waals surface area contributed by atoms with Gasteiger partial charge in [-0.15, -0.1) is 0 Å². The summed E-state index contributed by atoms with van der Waals surface area (Å²) in [5.74, 6) is -0.463. The molecule has 1 aliphatic rings. The number of ether oxygens (including phenoxy) is 1. The molecule has 0 amide bonds. The fourth-order valence-corrected chi connectivity index (χ4v) is 1.94. The van der Waals surface area contributed by atoms with E-state index in [2.05, 4.69) is 10.5 Å². The highest BCUT2D eigenvalue weighted by atomic mass is 32.2. The lowest BCUT2D eigenvalue weighted by Crippen LogP contribution is -2.28. The van der Waals surface area contributed by atoms with Crippen LogP contribution in [0.1, 0.15) is 18.9 Å². The molecule has 1 aromatic rings. The highest BCUT2D eigenvalue weighted by Crippen LogP contribution is 2.23. The molecule has 1 aliphatic heterocycles. The van der Waals surface area contributed by atoms with E-state index in [-0.39, 0.29) is 0 Å². The van der Waals surface area contributed by atoms with E-state index in [4.69, 9.17) is 13.3 Å². The third kappa shape index (κ3) is 5.72. The molecule has 1 saturated heterocycles. The summed E-state index contributed by atoms with van der Waals surface area (Å²) in [6, 6.07) is 7.83. The summed E-state index contributed by atoms with van der Waals surface area (Å²) in [5.41, 5.74) is 4.79. The molecule has 114 valence electrons. The Labute approximate surface area is 127 Å². The summed E-state index contributed by atoms with van der Waals surface area (Å²) in [4.78, 5) is 11.1. The summed E-state index contributed by atoms with van der Waals surface area (Å²) in [7, 11) is 0. The zero-order valence-corrected chi connectivity index (χ0v) is 12.5. The quantitative estimate of drug-likeness (QED) is 0.342. The van der Waals surface area contributed by atoms with E-state index < -0.39 is 5.97 Å². The molecule has 2 rings (SSSR count). The van der Waals surface area contributed by atoms with Gasteiger partial charge in [0.1, 0.15) is 6.21 Å². The van der Waals surface area contributed by atoms with Crippen molar-refractivity contribution in [2.75, 3.05) is 18.6 Å². The van der Waals surface area contributed by atoms with Gasteiger partial charge in [-0.1, -0.05) is 12.1 Å². The van der Waals surface area contributed by atoms with Crippen LogP contribution in [0, 0.1) is 0 Å². The van der Waals surface area contributed by atoms with Crippen LogP contribution in [-0.2, 0) is 24.5 Å². The number of nitrogens with one attached hydrogen (secondary N) is 1. The van der Waals surface area contributed by atoms with Crippen molar-refractivity contribution in [3.05, 3.63) is 29.8 Å². The van der Waals surface area contributed by atoms with Crippen molar-refractivity contribution in [2.45, 2.75) is 19.8 Å². The van der Waals surface area contributed by atoms with E-state index in [0.717, 1.165) is 43.6 Å². The Balaban J connectivity index is 1.69. The lowest BCUT2D eigenvalue weighted by Gasteiger charge is -2.24. The monoisotopic (exact) mass is 311 g/mol. The Morgan fingerprint density at radius 2 is 2.19 bits per heavy atom. The summed E-state index contributed by atoms with van der Waals surface area (Å²) in [6.45, 7) is 2.82. The molecule has 0 bridgehead atoms. The van der Waals surface area contributed by atoms with Gasteiger partial charge >= 0.3 is 5.97 Å². The second-order valence-corrected chi connectivity index (χ2v) is 4.63. The van der Waals surface area contributed by atoms with Crippen LogP contribution in [0.5, 0.6) is 0 Å². The van der Waals surface area contributed by atoms with Gasteiger partial charge in [0.15, 0.2) is 0 Å². The van der Waals surface area contributed by atoms with Gasteiger partial charge in [-0.25, -0.2) is 4.79 Å². The van der Waals surface area contributed by atoms with Crippen LogP contribution in [0.15, 0.2) is 29.4 Å². The van der Waals surface area contributed by atoms with E-state index in [1.54, 1.807) is 6.92 Å². The molecular formula is C13H17N3O4S. The number of aryl methyl sites for hydroxylation is 1. The standard InChI is InChI=1S/C13H17N3O4S/c1-2-18-13(17)10-14-15-12-7-5-11(6-8-12)4-3-9-16-19-21-20-16/h5-8,10,15H,2-4,9H2,1H3/b14-10+. The molecule has 0 aromatic heterocycles. The Morgan fingerprint density at radius 1 is 1.43 bits per heavy atom. The summed E-state index contributed by atoms with van der Waals surface area (Å²) in [5, 5.41) is 5.25. The number of hydroxylamine groups is 2. The number of benzene rings is 1. The number of carbonyl (C=O) groups is 1. The molecule has 0 atom stereocenters. The molecule has 21 heavy (non-hydrogen) atoms. The zero-order valence-electron chi connectivity index (χ0n) is 11.7. The first-order valence-electron chi connectivity index (χ1n) is 6.61. The third-order valence-electron chi connectivity index (χ3n) is 2.64. The molecule has 0 spiro atoms. The van der Waals surface area contributed by atoms with Crippen LogP contribution in [-0.4, -0.2) is 30.6 Å². The van der Waals surface area contributed by atoms with Crippen LogP contribution in [0.3, 0.4) is 0 Å². The molecule has 1 aromatic carbocycles. The first kappa shape index (κ1) is 15.8. The normalized spacial score (nSPS) is 14.9. The Bertz CT molecular complexity index is 477. The second-order valence-electron chi connectivity index (χ2n) is 4.20. The van der Waals surface area contributed by atoms with E-state index in [1.165, 1.54) is 10.8 Å². The molecule has 1 N–H and O–H groups in total. The Hall–Kier alpha value is -1.61. The number of carbonyl (C=O) groups excluding carboxylic acids is 1. The summed E-state index contributed by atoms with van der Waals surface area (Å²) >= 11 is 0.977. The molecule has 0 unspecified atom stereocenters. The number of rotatable bonds is 8. The van der Waals surface area contributed by atoms with Crippen molar-refractivity contribution < 1.29 is 18.1 Å². The maximum atomic E-state index is 11.1. The maximum absolute atomic E-state index is 11.1. The van der Waals surface area contributed by atoms with Crippen molar-refractivity contribution in [1.29, 1.82) is 0 Å². The van der Waals surface area contributed by atoms with Gasteiger partial charge in [0.25, 0.3) is 0 Å². The summed E-state index contributed by atoms with van der Waals surface area (Å²) in [6.07, 6.45) is 2.98. The highest BCUT2D eigenvalue weighted by Gasteiger charge is 2.17. The fraction of sp³-hybridized carbons (Fsp3) is 0.385.